The number of aromatic amines is 1. The summed E-state index contributed by atoms with van der Waals surface area (Å²) in [6, 6.07) is 7.89. The minimum Gasteiger partial charge on any atom is -0.358 e. The quantitative estimate of drug-likeness (QED) is 0.341. The molecule has 10 nitrogen and oxygen atoms in total. The van der Waals surface area contributed by atoms with Crippen molar-refractivity contribution in [1.29, 1.82) is 0 Å². The third-order valence-electron chi connectivity index (χ3n) is 5.00. The molecule has 2 heterocycles. The first-order valence-corrected chi connectivity index (χ1v) is 13.6. The van der Waals surface area contributed by atoms with Crippen LogP contribution < -0.4 is 4.72 Å². The first-order chi connectivity index (χ1) is 16.0. The van der Waals surface area contributed by atoms with E-state index in [1.165, 1.54) is 49.6 Å². The Morgan fingerprint density at radius 2 is 1.71 bits per heavy atom. The summed E-state index contributed by atoms with van der Waals surface area (Å²) < 4.78 is 60.2. The summed E-state index contributed by atoms with van der Waals surface area (Å²) >= 11 is 12.3. The van der Waals surface area contributed by atoms with Gasteiger partial charge in [0.2, 0.25) is 15.9 Å². The van der Waals surface area contributed by atoms with Crippen LogP contribution >= 0.6 is 23.2 Å². The SMILES string of the molecule is CCc1nc(CN(C)S(=O)(=O)c2ccc(S(=O)(=O)Nc3ccc(Cl)c4c(Cl)c[nH]c34)cc2)no1. The van der Waals surface area contributed by atoms with Crippen molar-refractivity contribution >= 4 is 59.8 Å². The highest BCUT2D eigenvalue weighted by Gasteiger charge is 2.24. The summed E-state index contributed by atoms with van der Waals surface area (Å²) in [6.07, 6.45) is 2.04. The van der Waals surface area contributed by atoms with Crippen LogP contribution in [-0.4, -0.2) is 43.3 Å². The Kier molecular flexibility index (Phi) is 6.62. The smallest absolute Gasteiger partial charge is 0.261 e. The van der Waals surface area contributed by atoms with Crippen LogP contribution in [0.2, 0.25) is 10.0 Å². The van der Waals surface area contributed by atoms with E-state index in [0.717, 1.165) is 4.31 Å². The van der Waals surface area contributed by atoms with Crippen molar-refractivity contribution in [3.8, 4) is 0 Å². The summed E-state index contributed by atoms with van der Waals surface area (Å²) in [5.41, 5.74) is 0.670. The molecule has 0 aliphatic rings. The Morgan fingerprint density at radius 3 is 2.35 bits per heavy atom. The lowest BCUT2D eigenvalue weighted by Crippen LogP contribution is -2.27. The number of hydrogen-bond donors (Lipinski definition) is 2. The Hall–Kier alpha value is -2.64. The zero-order valence-corrected chi connectivity index (χ0v) is 21.1. The van der Waals surface area contributed by atoms with E-state index in [0.29, 0.717) is 33.3 Å². The lowest BCUT2D eigenvalue weighted by Gasteiger charge is -2.16. The van der Waals surface area contributed by atoms with E-state index in [9.17, 15) is 16.8 Å². The lowest BCUT2D eigenvalue weighted by atomic mass is 10.2. The molecular weight excluding hydrogens is 525 g/mol. The monoisotopic (exact) mass is 543 g/mol. The highest BCUT2D eigenvalue weighted by molar-refractivity contribution is 7.92. The van der Waals surface area contributed by atoms with Crippen molar-refractivity contribution in [3.05, 3.63) is 64.4 Å². The van der Waals surface area contributed by atoms with Crippen LogP contribution in [0.25, 0.3) is 10.9 Å². The summed E-state index contributed by atoms with van der Waals surface area (Å²) in [6.45, 7) is 1.74. The molecule has 4 rings (SSSR count). The topological polar surface area (TPSA) is 138 Å². The summed E-state index contributed by atoms with van der Waals surface area (Å²) in [7, 11) is -6.59. The number of benzene rings is 2. The van der Waals surface area contributed by atoms with Gasteiger partial charge in [0.1, 0.15) is 0 Å². The fourth-order valence-corrected chi connectivity index (χ4v) is 5.97. The number of anilines is 1. The van der Waals surface area contributed by atoms with Crippen LogP contribution in [0.5, 0.6) is 0 Å². The van der Waals surface area contributed by atoms with Crippen molar-refractivity contribution in [3.63, 3.8) is 0 Å². The van der Waals surface area contributed by atoms with Gasteiger partial charge in [0.05, 0.1) is 37.6 Å². The van der Waals surface area contributed by atoms with Crippen LogP contribution in [0.1, 0.15) is 18.6 Å². The summed E-state index contributed by atoms with van der Waals surface area (Å²) in [4.78, 5) is 6.78. The molecule has 14 heteroatoms. The van der Waals surface area contributed by atoms with Gasteiger partial charge in [-0.15, -0.1) is 0 Å². The lowest BCUT2D eigenvalue weighted by molar-refractivity contribution is 0.368. The van der Waals surface area contributed by atoms with E-state index in [1.807, 2.05) is 6.92 Å². The van der Waals surface area contributed by atoms with Crippen LogP contribution in [0, 0.1) is 0 Å². The van der Waals surface area contributed by atoms with Crippen LogP contribution in [0.4, 0.5) is 5.69 Å². The predicted octanol–water partition coefficient (Wildman–Crippen LogP) is 4.04. The number of nitrogens with one attached hydrogen (secondary N) is 2. The van der Waals surface area contributed by atoms with Crippen molar-refractivity contribution in [2.75, 3.05) is 11.8 Å². The standard InChI is InChI=1S/C20H19Cl2N5O5S2/c1-3-18-24-17(25-32-18)11-27(2)34(30,31)13-6-4-12(5-7-13)33(28,29)26-16-9-8-14(21)19-15(22)10-23-20(16)19/h4-10,23,26H,3,11H2,1-2H3. The molecule has 0 spiro atoms. The number of rotatable bonds is 8. The molecule has 180 valence electrons. The van der Waals surface area contributed by atoms with E-state index in [-0.39, 0.29) is 27.8 Å². The van der Waals surface area contributed by atoms with Gasteiger partial charge in [0.25, 0.3) is 10.0 Å². The van der Waals surface area contributed by atoms with Crippen LogP contribution in [0.15, 0.2) is 56.9 Å². The summed E-state index contributed by atoms with van der Waals surface area (Å²) in [5, 5.41) is 4.96. The molecule has 0 fully saturated rings. The Labute approximate surface area is 206 Å². The van der Waals surface area contributed by atoms with Gasteiger partial charge in [-0.2, -0.15) is 9.29 Å². The molecule has 2 aromatic carbocycles. The highest BCUT2D eigenvalue weighted by Crippen LogP contribution is 2.35. The number of H-pyrrole nitrogens is 1. The van der Waals surface area contributed by atoms with Gasteiger partial charge in [0, 0.05) is 25.1 Å². The van der Waals surface area contributed by atoms with E-state index < -0.39 is 20.0 Å². The van der Waals surface area contributed by atoms with Gasteiger partial charge in [-0.05, 0) is 36.4 Å². The van der Waals surface area contributed by atoms with Gasteiger partial charge in [0.15, 0.2) is 5.82 Å². The normalized spacial score (nSPS) is 12.5. The molecule has 0 saturated carbocycles. The number of sulfonamides is 2. The average molecular weight is 544 g/mol. The van der Waals surface area contributed by atoms with Crippen molar-refractivity contribution in [2.45, 2.75) is 29.7 Å². The largest absolute Gasteiger partial charge is 0.358 e. The maximum Gasteiger partial charge on any atom is 0.261 e. The van der Waals surface area contributed by atoms with Gasteiger partial charge < -0.3 is 9.51 Å². The Morgan fingerprint density at radius 1 is 1.03 bits per heavy atom. The highest BCUT2D eigenvalue weighted by atomic mass is 35.5. The first-order valence-electron chi connectivity index (χ1n) is 9.88. The van der Waals surface area contributed by atoms with E-state index in [1.54, 1.807) is 0 Å². The maximum atomic E-state index is 12.9. The number of aryl methyl sites for hydroxylation is 1. The Bertz CT molecular complexity index is 1560. The van der Waals surface area contributed by atoms with Crippen LogP contribution in [-0.2, 0) is 33.0 Å². The number of halogens is 2. The minimum atomic E-state index is -4.04. The molecule has 2 aromatic heterocycles. The second-order valence-corrected chi connectivity index (χ2v) is 11.8. The third-order valence-corrected chi connectivity index (χ3v) is 8.81. The molecule has 0 bridgehead atoms. The van der Waals surface area contributed by atoms with Crippen LogP contribution in [0.3, 0.4) is 0 Å². The van der Waals surface area contributed by atoms with E-state index in [2.05, 4.69) is 19.8 Å². The van der Waals surface area contributed by atoms with Gasteiger partial charge in [-0.1, -0.05) is 35.3 Å². The molecule has 0 amide bonds. The molecule has 0 aliphatic heterocycles. The van der Waals surface area contributed by atoms with Gasteiger partial charge >= 0.3 is 0 Å². The van der Waals surface area contributed by atoms with E-state index >= 15 is 0 Å². The Balaban J connectivity index is 1.56. The predicted molar refractivity (Wildman–Crippen MR) is 128 cm³/mol. The molecule has 0 unspecified atom stereocenters. The second kappa shape index (κ2) is 9.19. The molecular formula is C20H19Cl2N5O5S2. The minimum absolute atomic E-state index is 0.0850. The number of nitrogens with zero attached hydrogens (tertiary/aromatic N) is 3. The zero-order valence-electron chi connectivity index (χ0n) is 17.9. The molecule has 4 aromatic rings. The van der Waals surface area contributed by atoms with Crippen molar-refractivity contribution in [1.82, 2.24) is 19.4 Å². The fourth-order valence-electron chi connectivity index (χ4n) is 3.21. The van der Waals surface area contributed by atoms with E-state index in [4.69, 9.17) is 27.7 Å². The molecule has 0 radical (unpaired) electrons. The molecule has 0 saturated heterocycles. The molecule has 0 atom stereocenters. The molecule has 0 aliphatic carbocycles. The summed E-state index contributed by atoms with van der Waals surface area (Å²) in [5.74, 6) is 0.632. The third kappa shape index (κ3) is 4.64. The van der Waals surface area contributed by atoms with Gasteiger partial charge in [-0.3, -0.25) is 4.72 Å². The fraction of sp³-hybridized carbons (Fsp3) is 0.200. The van der Waals surface area contributed by atoms with Crippen molar-refractivity contribution in [2.24, 2.45) is 0 Å². The van der Waals surface area contributed by atoms with Crippen molar-refractivity contribution < 1.29 is 21.4 Å². The number of fused-ring (bicyclic) bond motifs is 1. The zero-order chi connectivity index (χ0) is 24.7. The molecule has 2 N–H and O–H groups in total. The maximum absolute atomic E-state index is 12.9. The number of hydrogen-bond acceptors (Lipinski definition) is 7. The molecule has 34 heavy (non-hydrogen) atoms. The first kappa shape index (κ1) is 24.5. The van der Waals surface area contributed by atoms with Gasteiger partial charge in [-0.25, -0.2) is 16.8 Å². The second-order valence-electron chi connectivity index (χ2n) is 7.28. The average Bonchev–Trinajstić information content (AvgIpc) is 3.42. The number of aromatic nitrogens is 3.